The smallest absolute Gasteiger partial charge is 0.326 e. The number of carbonyl (C=O) groups is 12. The Kier molecular flexibility index (Phi) is 34.6. The zero-order valence-corrected chi connectivity index (χ0v) is 53.5. The van der Waals surface area contributed by atoms with Gasteiger partial charge in [0.15, 0.2) is 12.6 Å². The Hall–Kier alpha value is -6.96. The molecular weight excluding hydrogens is 1270 g/mol. The summed E-state index contributed by atoms with van der Waals surface area (Å²) in [6.45, 7) is 4.02. The number of carboxylic acids is 2. The van der Waals surface area contributed by atoms with Crippen LogP contribution in [0.1, 0.15) is 105 Å². The van der Waals surface area contributed by atoms with Crippen molar-refractivity contribution in [3.8, 4) is 0 Å². The van der Waals surface area contributed by atoms with Gasteiger partial charge in [0.25, 0.3) is 0 Å². The molecular formula is C56H97N13O26. The molecule has 0 radical (unpaired) electrons. The molecule has 21 atom stereocenters. The molecule has 10 unspecified atom stereocenters. The van der Waals surface area contributed by atoms with Gasteiger partial charge in [-0.05, 0) is 97.6 Å². The number of amides is 10. The van der Waals surface area contributed by atoms with Crippen LogP contribution in [0.5, 0.6) is 0 Å². The van der Waals surface area contributed by atoms with Crippen LogP contribution in [0.4, 0.5) is 0 Å². The predicted molar refractivity (Wildman–Crippen MR) is 323 cm³/mol. The van der Waals surface area contributed by atoms with E-state index in [1.54, 1.807) is 0 Å². The number of nitrogens with two attached hydrogens (primary N) is 4. The standard InChI is InChI=1S/C56H97N13O26/c1-23(2)37(51(87)63-27(11-6-8-16-57)47(83)65-29(54(90)91)12-7-9-17-58)66-48(84)28(14-15-36(74)75)64-52(88)38(25(4)92-55-44(80)42(78)40(76)32(21-70)94-55)67-50(86)31-13-10-18-69(31)53(89)39(26(5)93-56-45(81)43(79)41(77)33(22-71)95-56)68-46(82)24(3)61-49(85)30(19-34(60)72)62-35(73)20-59/h23-33,37-45,55-56,70-71,76-81H,6-22,57-59H2,1-5H3,(H2,60,72)(H,61,85)(H,62,73)(H,63,87)(H,64,88)(H,65,83)(H,66,84)(H,67,86)(H,68,82)(H,74,75)(H,90,91)/t24-,25+,26+,27-,28-,29-,30-,31-,32?,33?,37-,38-,39-,40?,41?,42?,43?,44?,45?,55?,56?/m0/s1. The van der Waals surface area contributed by atoms with Crippen LogP contribution in [0.25, 0.3) is 0 Å². The molecule has 0 saturated carbocycles. The van der Waals surface area contributed by atoms with E-state index in [9.17, 15) is 104 Å². The van der Waals surface area contributed by atoms with E-state index in [0.29, 0.717) is 19.3 Å². The lowest BCUT2D eigenvalue weighted by atomic mass is 9.99. The Morgan fingerprint density at radius 3 is 1.46 bits per heavy atom. The van der Waals surface area contributed by atoms with Crippen LogP contribution in [-0.2, 0) is 76.5 Å². The summed E-state index contributed by atoms with van der Waals surface area (Å²) in [6, 6.07) is -15.2. The van der Waals surface area contributed by atoms with Gasteiger partial charge in [0, 0.05) is 13.0 Å². The van der Waals surface area contributed by atoms with Gasteiger partial charge in [0.1, 0.15) is 103 Å². The molecule has 3 aliphatic heterocycles. The number of nitrogens with one attached hydrogen (secondary N) is 8. The first-order valence-corrected chi connectivity index (χ1v) is 31.2. The third-order valence-corrected chi connectivity index (χ3v) is 16.0. The molecule has 3 fully saturated rings. The minimum atomic E-state index is -2.11. The maximum Gasteiger partial charge on any atom is 0.326 e. The molecule has 3 heterocycles. The van der Waals surface area contributed by atoms with Crippen LogP contribution in [-0.4, -0.2) is 294 Å². The Bertz CT molecular complexity index is 2590. The van der Waals surface area contributed by atoms with E-state index in [1.807, 2.05) is 0 Å². The van der Waals surface area contributed by atoms with Crippen molar-refractivity contribution in [1.29, 1.82) is 0 Å². The number of primary amides is 1. The number of carboxylic acid groups (broad SMARTS) is 2. The largest absolute Gasteiger partial charge is 0.481 e. The quantitative estimate of drug-likeness (QED) is 0.0253. The molecule has 3 saturated heterocycles. The number of hydrogen-bond donors (Lipinski definition) is 22. The number of rotatable bonds is 40. The number of carbonyl (C=O) groups excluding carboxylic acids is 10. The second-order valence-corrected chi connectivity index (χ2v) is 23.7. The van der Waals surface area contributed by atoms with E-state index >= 15 is 4.79 Å². The molecule has 3 rings (SSSR count). The van der Waals surface area contributed by atoms with Gasteiger partial charge in [0.05, 0.1) is 38.4 Å². The van der Waals surface area contributed by atoms with Crippen molar-refractivity contribution in [2.75, 3.05) is 39.4 Å². The van der Waals surface area contributed by atoms with Crippen LogP contribution in [0, 0.1) is 5.92 Å². The van der Waals surface area contributed by atoms with Crippen molar-refractivity contribution in [2.24, 2.45) is 28.9 Å². The maximum atomic E-state index is 15.0. The monoisotopic (exact) mass is 1370 g/mol. The summed E-state index contributed by atoms with van der Waals surface area (Å²) in [5.41, 5.74) is 21.8. The number of unbranched alkanes of at least 4 members (excludes halogenated alkanes) is 2. The highest BCUT2D eigenvalue weighted by Crippen LogP contribution is 2.27. The molecule has 26 N–H and O–H groups in total. The van der Waals surface area contributed by atoms with Crippen molar-refractivity contribution in [3.63, 3.8) is 0 Å². The fourth-order valence-electron chi connectivity index (χ4n) is 10.4. The van der Waals surface area contributed by atoms with Crippen molar-refractivity contribution >= 4 is 71.0 Å². The maximum absolute atomic E-state index is 15.0. The normalized spacial score (nSPS) is 25.9. The fraction of sp³-hybridized carbons (Fsp3) is 0.786. The summed E-state index contributed by atoms with van der Waals surface area (Å²) < 4.78 is 22.7. The minimum absolute atomic E-state index is 0.00437. The summed E-state index contributed by atoms with van der Waals surface area (Å²) in [6.07, 6.45) is -23.6. The first-order chi connectivity index (χ1) is 44.7. The average Bonchev–Trinajstić information content (AvgIpc) is 1.81. The lowest BCUT2D eigenvalue weighted by Crippen LogP contribution is -2.64. The molecule has 10 amide bonds. The highest BCUT2D eigenvalue weighted by Gasteiger charge is 2.49. The summed E-state index contributed by atoms with van der Waals surface area (Å²) in [7, 11) is 0. The molecule has 0 aliphatic carbocycles. The molecule has 3 aliphatic rings. The Labute approximate surface area is 546 Å². The SMILES string of the molecule is CC(C)[C@H](NC(=O)[C@H](CCC(=O)O)NC(=O)[C@@H](NC(=O)[C@@H]1CCCN1C(=O)[C@@H](NC(=O)[C@H](C)NC(=O)[C@H](CC(N)=O)NC(=O)CN)[C@@H](C)OC1OC(CO)C(O)C(O)C1O)[C@@H](C)OC1OC(CO)C(O)C(O)C1O)C(=O)N[C@@H](CCCCN)C(=O)N[C@@H](CCCCN)C(=O)O. The van der Waals surface area contributed by atoms with Crippen molar-refractivity contribution in [1.82, 2.24) is 47.4 Å². The topological polar surface area (TPSA) is 648 Å². The van der Waals surface area contributed by atoms with Crippen molar-refractivity contribution in [3.05, 3.63) is 0 Å². The molecule has 39 heteroatoms. The number of nitrogens with zero attached hydrogens (tertiary/aromatic N) is 1. The van der Waals surface area contributed by atoms with E-state index in [4.69, 9.17) is 41.9 Å². The van der Waals surface area contributed by atoms with Gasteiger partial charge in [-0.3, -0.25) is 52.7 Å². The summed E-state index contributed by atoms with van der Waals surface area (Å²) in [5, 5.41) is 122. The lowest BCUT2D eigenvalue weighted by Gasteiger charge is -2.42. The number of aliphatic hydroxyl groups is 8. The third-order valence-electron chi connectivity index (χ3n) is 16.0. The highest BCUT2D eigenvalue weighted by atomic mass is 16.7. The molecule has 95 heavy (non-hydrogen) atoms. The molecule has 39 nitrogen and oxygen atoms in total. The second-order valence-electron chi connectivity index (χ2n) is 23.7. The second kappa shape index (κ2) is 39.9. The molecule has 0 aromatic heterocycles. The van der Waals surface area contributed by atoms with Gasteiger partial charge in [-0.1, -0.05) is 13.8 Å². The Morgan fingerprint density at radius 1 is 0.526 bits per heavy atom. The molecule has 0 bridgehead atoms. The third kappa shape index (κ3) is 24.6. The van der Waals surface area contributed by atoms with Gasteiger partial charge in [0.2, 0.25) is 59.1 Å². The van der Waals surface area contributed by atoms with Crippen LogP contribution < -0.4 is 65.5 Å². The van der Waals surface area contributed by atoms with Gasteiger partial charge in [-0.15, -0.1) is 0 Å². The van der Waals surface area contributed by atoms with Gasteiger partial charge < -0.3 is 140 Å². The van der Waals surface area contributed by atoms with Gasteiger partial charge >= 0.3 is 11.9 Å². The summed E-state index contributed by atoms with van der Waals surface area (Å²) in [4.78, 5) is 163. The lowest BCUT2D eigenvalue weighted by molar-refractivity contribution is -0.311. The van der Waals surface area contributed by atoms with E-state index in [2.05, 4.69) is 42.5 Å². The minimum Gasteiger partial charge on any atom is -0.481 e. The number of hydrogen-bond acceptors (Lipinski definition) is 27. The van der Waals surface area contributed by atoms with Gasteiger partial charge in [-0.25, -0.2) is 4.79 Å². The fourth-order valence-corrected chi connectivity index (χ4v) is 10.4. The molecule has 542 valence electrons. The number of ether oxygens (including phenoxy) is 4. The van der Waals surface area contributed by atoms with E-state index in [-0.39, 0.29) is 51.7 Å². The summed E-state index contributed by atoms with van der Waals surface area (Å²) in [5.74, 6) is -14.6. The first-order valence-electron chi connectivity index (χ1n) is 31.2. The van der Waals surface area contributed by atoms with Crippen LogP contribution in [0.15, 0.2) is 0 Å². The zero-order chi connectivity index (χ0) is 71.7. The average molecular weight is 1370 g/mol. The summed E-state index contributed by atoms with van der Waals surface area (Å²) >= 11 is 0. The molecule has 0 aromatic rings. The van der Waals surface area contributed by atoms with Crippen molar-refractivity contribution in [2.45, 2.75) is 233 Å². The van der Waals surface area contributed by atoms with Crippen molar-refractivity contribution < 1.29 is 128 Å². The van der Waals surface area contributed by atoms with Crippen LogP contribution in [0.3, 0.4) is 0 Å². The van der Waals surface area contributed by atoms with Crippen LogP contribution >= 0.6 is 0 Å². The van der Waals surface area contributed by atoms with E-state index in [0.717, 1.165) is 25.7 Å². The van der Waals surface area contributed by atoms with Crippen LogP contribution in [0.2, 0.25) is 0 Å². The van der Waals surface area contributed by atoms with E-state index in [1.165, 1.54) is 13.8 Å². The molecule has 0 spiro atoms. The molecule has 0 aromatic carbocycles. The van der Waals surface area contributed by atoms with E-state index < -0.39 is 244 Å². The number of aliphatic hydroxyl groups excluding tert-OH is 8. The predicted octanol–water partition coefficient (Wildman–Crippen LogP) is -11.0. The Balaban J connectivity index is 2.10. The Morgan fingerprint density at radius 2 is 0.989 bits per heavy atom. The zero-order valence-electron chi connectivity index (χ0n) is 53.5. The number of likely N-dealkylation sites (tertiary alicyclic amines) is 1. The highest BCUT2D eigenvalue weighted by molar-refractivity contribution is 5.99. The van der Waals surface area contributed by atoms with Gasteiger partial charge in [-0.2, -0.15) is 0 Å². The number of aliphatic carboxylic acids is 2. The first kappa shape index (κ1) is 82.3.